The second-order valence-corrected chi connectivity index (χ2v) is 5.13. The maximum absolute atomic E-state index is 5.90. The zero-order valence-electron chi connectivity index (χ0n) is 10.5. The van der Waals surface area contributed by atoms with Crippen LogP contribution in [0.25, 0.3) is 0 Å². The highest BCUT2D eigenvalue weighted by Gasteiger charge is 2.18. The minimum atomic E-state index is 0.707. The van der Waals surface area contributed by atoms with Gasteiger partial charge in [-0.25, -0.2) is 0 Å². The first kappa shape index (κ1) is 12.7. The molecule has 17 heavy (non-hydrogen) atoms. The predicted molar refractivity (Wildman–Crippen MR) is 75.0 cm³/mol. The van der Waals surface area contributed by atoms with Gasteiger partial charge in [0, 0.05) is 29.8 Å². The van der Waals surface area contributed by atoms with Gasteiger partial charge >= 0.3 is 0 Å². The second kappa shape index (κ2) is 6.27. The van der Waals surface area contributed by atoms with E-state index in [1.807, 2.05) is 12.1 Å². The third-order valence-corrected chi connectivity index (χ3v) is 3.62. The van der Waals surface area contributed by atoms with Gasteiger partial charge in [-0.2, -0.15) is 0 Å². The molecule has 1 aromatic carbocycles. The molecule has 0 spiro atoms. The molecule has 2 rings (SSSR count). The van der Waals surface area contributed by atoms with Crippen LogP contribution >= 0.6 is 11.6 Å². The van der Waals surface area contributed by atoms with Gasteiger partial charge in [-0.05, 0) is 50.1 Å². The van der Waals surface area contributed by atoms with E-state index in [0.29, 0.717) is 6.04 Å². The molecule has 0 saturated carbocycles. The van der Waals surface area contributed by atoms with Gasteiger partial charge in [0.1, 0.15) is 0 Å². The summed E-state index contributed by atoms with van der Waals surface area (Å²) in [5.41, 5.74) is 1.29. The molecule has 0 aromatic heterocycles. The highest BCUT2D eigenvalue weighted by atomic mass is 35.5. The molecule has 1 heterocycles. The minimum Gasteiger partial charge on any atom is -0.371 e. The van der Waals surface area contributed by atoms with E-state index in [9.17, 15) is 0 Å². The van der Waals surface area contributed by atoms with Crippen LogP contribution in [0.4, 0.5) is 5.69 Å². The minimum absolute atomic E-state index is 0.707. The van der Waals surface area contributed by atoms with Crippen molar-refractivity contribution in [1.29, 1.82) is 0 Å². The van der Waals surface area contributed by atoms with Crippen molar-refractivity contribution in [3.8, 4) is 0 Å². The highest BCUT2D eigenvalue weighted by Crippen LogP contribution is 2.21. The zero-order chi connectivity index (χ0) is 12.1. The lowest BCUT2D eigenvalue weighted by Crippen LogP contribution is -2.42. The summed E-state index contributed by atoms with van der Waals surface area (Å²) in [6, 6.07) is 8.87. The molecule has 1 saturated heterocycles. The molecular weight excluding hydrogens is 232 g/mol. The first-order valence-corrected chi connectivity index (χ1v) is 6.91. The summed E-state index contributed by atoms with van der Waals surface area (Å²) in [5.74, 6) is 0. The fourth-order valence-corrected chi connectivity index (χ4v) is 2.47. The summed E-state index contributed by atoms with van der Waals surface area (Å²) in [6.45, 7) is 5.65. The lowest BCUT2D eigenvalue weighted by atomic mass is 10.0. The Labute approximate surface area is 109 Å². The molecule has 1 aliphatic heterocycles. The maximum Gasteiger partial charge on any atom is 0.0407 e. The van der Waals surface area contributed by atoms with E-state index in [-0.39, 0.29) is 0 Å². The third kappa shape index (κ3) is 3.62. The molecular formula is C14H21ClN2. The standard InChI is InChI=1S/C14H21ClN2/c1-2-9-16-13-7-10-17(11-8-13)14-5-3-12(15)4-6-14/h3-6,13,16H,2,7-11H2,1H3. The fourth-order valence-electron chi connectivity index (χ4n) is 2.34. The average Bonchev–Trinajstić information content (AvgIpc) is 2.38. The van der Waals surface area contributed by atoms with E-state index >= 15 is 0 Å². The maximum atomic E-state index is 5.90. The van der Waals surface area contributed by atoms with E-state index in [1.54, 1.807) is 0 Å². The van der Waals surface area contributed by atoms with Crippen molar-refractivity contribution >= 4 is 17.3 Å². The van der Waals surface area contributed by atoms with Crippen LogP contribution in [0.5, 0.6) is 0 Å². The molecule has 0 amide bonds. The lowest BCUT2D eigenvalue weighted by molar-refractivity contribution is 0.416. The number of nitrogens with one attached hydrogen (secondary N) is 1. The summed E-state index contributed by atoms with van der Waals surface area (Å²) in [7, 11) is 0. The van der Waals surface area contributed by atoms with E-state index in [4.69, 9.17) is 11.6 Å². The Morgan fingerprint density at radius 2 is 1.88 bits per heavy atom. The number of rotatable bonds is 4. The van der Waals surface area contributed by atoms with E-state index in [0.717, 1.165) is 24.7 Å². The topological polar surface area (TPSA) is 15.3 Å². The molecule has 3 heteroatoms. The van der Waals surface area contributed by atoms with E-state index < -0.39 is 0 Å². The monoisotopic (exact) mass is 252 g/mol. The second-order valence-electron chi connectivity index (χ2n) is 4.69. The lowest BCUT2D eigenvalue weighted by Gasteiger charge is -2.34. The van der Waals surface area contributed by atoms with Gasteiger partial charge in [-0.3, -0.25) is 0 Å². The van der Waals surface area contributed by atoms with Crippen molar-refractivity contribution in [2.24, 2.45) is 0 Å². The molecule has 0 atom stereocenters. The number of halogens is 1. The summed E-state index contributed by atoms with van der Waals surface area (Å²) in [4.78, 5) is 2.44. The molecule has 1 N–H and O–H groups in total. The van der Waals surface area contributed by atoms with Crippen LogP contribution in [-0.4, -0.2) is 25.7 Å². The Hall–Kier alpha value is -0.730. The van der Waals surface area contributed by atoms with Crippen LogP contribution in [-0.2, 0) is 0 Å². The quantitative estimate of drug-likeness (QED) is 0.885. The van der Waals surface area contributed by atoms with Gasteiger partial charge in [-0.15, -0.1) is 0 Å². The molecule has 2 nitrogen and oxygen atoms in total. The van der Waals surface area contributed by atoms with Crippen LogP contribution in [0.2, 0.25) is 5.02 Å². The van der Waals surface area contributed by atoms with Gasteiger partial charge in [0.25, 0.3) is 0 Å². The van der Waals surface area contributed by atoms with Crippen molar-refractivity contribution in [2.45, 2.75) is 32.2 Å². The molecule has 0 aliphatic carbocycles. The van der Waals surface area contributed by atoms with Gasteiger partial charge in [0.05, 0.1) is 0 Å². The largest absolute Gasteiger partial charge is 0.371 e. The molecule has 1 fully saturated rings. The number of hydrogen-bond donors (Lipinski definition) is 1. The van der Waals surface area contributed by atoms with Crippen molar-refractivity contribution in [3.05, 3.63) is 29.3 Å². The highest BCUT2D eigenvalue weighted by molar-refractivity contribution is 6.30. The number of benzene rings is 1. The third-order valence-electron chi connectivity index (χ3n) is 3.37. The predicted octanol–water partition coefficient (Wildman–Crippen LogP) is 3.31. The van der Waals surface area contributed by atoms with Crippen molar-refractivity contribution in [1.82, 2.24) is 5.32 Å². The molecule has 94 valence electrons. The Morgan fingerprint density at radius 1 is 1.24 bits per heavy atom. The van der Waals surface area contributed by atoms with Crippen LogP contribution in [0.15, 0.2) is 24.3 Å². The molecule has 0 radical (unpaired) electrons. The van der Waals surface area contributed by atoms with Gasteiger partial charge in [0.15, 0.2) is 0 Å². The first-order valence-electron chi connectivity index (χ1n) is 6.53. The molecule has 0 bridgehead atoms. The van der Waals surface area contributed by atoms with Crippen molar-refractivity contribution in [3.63, 3.8) is 0 Å². The van der Waals surface area contributed by atoms with Crippen LogP contribution in [0, 0.1) is 0 Å². The molecule has 1 aliphatic rings. The summed E-state index contributed by atoms with van der Waals surface area (Å²) >= 11 is 5.90. The van der Waals surface area contributed by atoms with Crippen LogP contribution < -0.4 is 10.2 Å². The Balaban J connectivity index is 1.84. The average molecular weight is 253 g/mol. The Morgan fingerprint density at radius 3 is 2.47 bits per heavy atom. The van der Waals surface area contributed by atoms with E-state index in [1.165, 1.54) is 24.9 Å². The first-order chi connectivity index (χ1) is 8.29. The fraction of sp³-hybridized carbons (Fsp3) is 0.571. The van der Waals surface area contributed by atoms with Gasteiger partial charge in [-0.1, -0.05) is 18.5 Å². The molecule has 0 unspecified atom stereocenters. The summed E-state index contributed by atoms with van der Waals surface area (Å²) in [5, 5.41) is 4.42. The Bertz CT molecular complexity index is 329. The SMILES string of the molecule is CCCNC1CCN(c2ccc(Cl)cc2)CC1. The van der Waals surface area contributed by atoms with E-state index in [2.05, 4.69) is 29.3 Å². The molecule has 1 aromatic rings. The zero-order valence-corrected chi connectivity index (χ0v) is 11.2. The van der Waals surface area contributed by atoms with Crippen molar-refractivity contribution < 1.29 is 0 Å². The van der Waals surface area contributed by atoms with Gasteiger partial charge < -0.3 is 10.2 Å². The smallest absolute Gasteiger partial charge is 0.0407 e. The van der Waals surface area contributed by atoms with Crippen molar-refractivity contribution in [2.75, 3.05) is 24.5 Å². The summed E-state index contributed by atoms with van der Waals surface area (Å²) in [6.07, 6.45) is 3.70. The number of anilines is 1. The number of nitrogens with zero attached hydrogens (tertiary/aromatic N) is 1. The van der Waals surface area contributed by atoms with Crippen LogP contribution in [0.1, 0.15) is 26.2 Å². The Kier molecular flexibility index (Phi) is 4.69. The van der Waals surface area contributed by atoms with Crippen LogP contribution in [0.3, 0.4) is 0 Å². The number of piperidine rings is 1. The number of hydrogen-bond acceptors (Lipinski definition) is 2. The summed E-state index contributed by atoms with van der Waals surface area (Å²) < 4.78 is 0. The normalized spacial score (nSPS) is 17.4. The van der Waals surface area contributed by atoms with Gasteiger partial charge in [0.2, 0.25) is 0 Å².